The van der Waals surface area contributed by atoms with Gasteiger partial charge in [0.15, 0.2) is 0 Å². The quantitative estimate of drug-likeness (QED) is 0.824. The summed E-state index contributed by atoms with van der Waals surface area (Å²) in [6.07, 6.45) is 0.789. The molecule has 3 heteroatoms. The van der Waals surface area contributed by atoms with Gasteiger partial charge in [-0.25, -0.2) is 4.79 Å². The SMILES string of the molecule is CC(C)CC(C)C(N)(C(=O)O)c1ccccc1. The standard InChI is InChI=1S/C14H21NO2/c1-10(2)9-11(3)14(15,13(16)17)12-7-5-4-6-8-12/h4-8,10-11H,9,15H2,1-3H3,(H,16,17). The molecule has 0 saturated heterocycles. The van der Waals surface area contributed by atoms with Gasteiger partial charge in [0.25, 0.3) is 0 Å². The molecule has 1 aromatic carbocycles. The van der Waals surface area contributed by atoms with Crippen molar-refractivity contribution in [1.82, 2.24) is 0 Å². The van der Waals surface area contributed by atoms with Crippen LogP contribution in [0.15, 0.2) is 30.3 Å². The zero-order chi connectivity index (χ0) is 13.1. The van der Waals surface area contributed by atoms with Crippen LogP contribution in [0.2, 0.25) is 0 Å². The average Bonchev–Trinajstić information content (AvgIpc) is 2.27. The molecule has 0 amide bonds. The van der Waals surface area contributed by atoms with Crippen LogP contribution in [0, 0.1) is 11.8 Å². The van der Waals surface area contributed by atoms with Crippen LogP contribution in [-0.2, 0) is 10.3 Å². The molecule has 0 aliphatic rings. The molecule has 2 unspecified atom stereocenters. The summed E-state index contributed by atoms with van der Waals surface area (Å²) in [5.41, 5.74) is 5.52. The van der Waals surface area contributed by atoms with Crippen LogP contribution in [0.5, 0.6) is 0 Å². The van der Waals surface area contributed by atoms with E-state index in [9.17, 15) is 9.90 Å². The van der Waals surface area contributed by atoms with Crippen LogP contribution in [0.3, 0.4) is 0 Å². The van der Waals surface area contributed by atoms with Crippen LogP contribution in [-0.4, -0.2) is 11.1 Å². The van der Waals surface area contributed by atoms with Crippen molar-refractivity contribution in [2.75, 3.05) is 0 Å². The molecule has 0 fully saturated rings. The Morgan fingerprint density at radius 1 is 1.29 bits per heavy atom. The molecule has 2 atom stereocenters. The highest BCUT2D eigenvalue weighted by Crippen LogP contribution is 2.31. The number of hydrogen-bond acceptors (Lipinski definition) is 2. The number of rotatable bonds is 5. The van der Waals surface area contributed by atoms with Gasteiger partial charge in [-0.05, 0) is 23.8 Å². The summed E-state index contributed by atoms with van der Waals surface area (Å²) in [4.78, 5) is 11.5. The minimum atomic E-state index is -1.30. The molecule has 94 valence electrons. The van der Waals surface area contributed by atoms with Crippen LogP contribution in [0.4, 0.5) is 0 Å². The molecular formula is C14H21NO2. The second kappa shape index (κ2) is 5.32. The van der Waals surface area contributed by atoms with Crippen LogP contribution in [0.25, 0.3) is 0 Å². The topological polar surface area (TPSA) is 63.3 Å². The third-order valence-electron chi connectivity index (χ3n) is 3.21. The lowest BCUT2D eigenvalue weighted by Gasteiger charge is -2.32. The summed E-state index contributed by atoms with van der Waals surface area (Å²) in [6.45, 7) is 6.05. The van der Waals surface area contributed by atoms with Crippen molar-refractivity contribution < 1.29 is 9.90 Å². The van der Waals surface area contributed by atoms with E-state index in [1.54, 1.807) is 12.1 Å². The summed E-state index contributed by atoms with van der Waals surface area (Å²) in [5.74, 6) is -0.643. The van der Waals surface area contributed by atoms with E-state index >= 15 is 0 Å². The molecule has 1 rings (SSSR count). The lowest BCUT2D eigenvalue weighted by Crippen LogP contribution is -2.50. The zero-order valence-corrected chi connectivity index (χ0v) is 10.7. The molecular weight excluding hydrogens is 214 g/mol. The molecule has 0 radical (unpaired) electrons. The smallest absolute Gasteiger partial charge is 0.328 e. The molecule has 17 heavy (non-hydrogen) atoms. The number of hydrogen-bond donors (Lipinski definition) is 2. The van der Waals surface area contributed by atoms with E-state index in [1.807, 2.05) is 25.1 Å². The molecule has 0 spiro atoms. The Kier molecular flexibility index (Phi) is 4.29. The predicted molar refractivity (Wildman–Crippen MR) is 68.6 cm³/mol. The van der Waals surface area contributed by atoms with Gasteiger partial charge in [-0.3, -0.25) is 0 Å². The van der Waals surface area contributed by atoms with Crippen molar-refractivity contribution in [2.24, 2.45) is 17.6 Å². The Morgan fingerprint density at radius 3 is 2.24 bits per heavy atom. The third kappa shape index (κ3) is 2.86. The van der Waals surface area contributed by atoms with E-state index in [4.69, 9.17) is 5.73 Å². The van der Waals surface area contributed by atoms with Gasteiger partial charge in [0.05, 0.1) is 0 Å². The molecule has 1 aromatic rings. The van der Waals surface area contributed by atoms with Crippen molar-refractivity contribution in [3.05, 3.63) is 35.9 Å². The third-order valence-corrected chi connectivity index (χ3v) is 3.21. The summed E-state index contributed by atoms with van der Waals surface area (Å²) < 4.78 is 0. The van der Waals surface area contributed by atoms with E-state index in [1.165, 1.54) is 0 Å². The summed E-state index contributed by atoms with van der Waals surface area (Å²) in [5, 5.41) is 9.44. The zero-order valence-electron chi connectivity index (χ0n) is 10.7. The van der Waals surface area contributed by atoms with Gasteiger partial charge in [-0.15, -0.1) is 0 Å². The van der Waals surface area contributed by atoms with E-state index in [2.05, 4.69) is 13.8 Å². The fourth-order valence-electron chi connectivity index (χ4n) is 2.23. The molecule has 3 N–H and O–H groups in total. The molecule has 0 bridgehead atoms. The van der Waals surface area contributed by atoms with Gasteiger partial charge >= 0.3 is 5.97 Å². The van der Waals surface area contributed by atoms with Gasteiger partial charge in [-0.1, -0.05) is 51.1 Å². The highest BCUT2D eigenvalue weighted by molar-refractivity contribution is 5.80. The van der Waals surface area contributed by atoms with Gasteiger partial charge in [0.2, 0.25) is 0 Å². The maximum atomic E-state index is 11.5. The van der Waals surface area contributed by atoms with Crippen molar-refractivity contribution in [1.29, 1.82) is 0 Å². The van der Waals surface area contributed by atoms with Gasteiger partial charge in [0, 0.05) is 0 Å². The van der Waals surface area contributed by atoms with Crippen LogP contribution < -0.4 is 5.73 Å². The first kappa shape index (κ1) is 13.7. The minimum absolute atomic E-state index is 0.109. The number of carboxylic acids is 1. The summed E-state index contributed by atoms with van der Waals surface area (Å²) in [6, 6.07) is 9.07. The lowest BCUT2D eigenvalue weighted by molar-refractivity contribution is -0.146. The number of nitrogens with two attached hydrogens (primary N) is 1. The predicted octanol–water partition coefficient (Wildman–Crippen LogP) is 2.61. The van der Waals surface area contributed by atoms with Gasteiger partial charge in [0.1, 0.15) is 5.54 Å². The maximum Gasteiger partial charge on any atom is 0.328 e. The Balaban J connectivity index is 3.10. The Morgan fingerprint density at radius 2 is 1.82 bits per heavy atom. The number of carbonyl (C=O) groups is 1. The molecule has 0 aliphatic carbocycles. The normalized spacial score (nSPS) is 16.5. The highest BCUT2D eigenvalue weighted by atomic mass is 16.4. The molecule has 0 aliphatic heterocycles. The van der Waals surface area contributed by atoms with E-state index in [-0.39, 0.29) is 5.92 Å². The van der Waals surface area contributed by atoms with Crippen molar-refractivity contribution in [2.45, 2.75) is 32.7 Å². The molecule has 0 aromatic heterocycles. The second-order valence-corrected chi connectivity index (χ2v) is 5.07. The lowest BCUT2D eigenvalue weighted by atomic mass is 9.76. The van der Waals surface area contributed by atoms with E-state index in [0.717, 1.165) is 6.42 Å². The van der Waals surface area contributed by atoms with Crippen molar-refractivity contribution >= 4 is 5.97 Å². The van der Waals surface area contributed by atoms with Crippen LogP contribution >= 0.6 is 0 Å². The first-order valence-corrected chi connectivity index (χ1v) is 5.96. The summed E-state index contributed by atoms with van der Waals surface area (Å²) >= 11 is 0. The monoisotopic (exact) mass is 235 g/mol. The van der Waals surface area contributed by atoms with E-state index < -0.39 is 11.5 Å². The fourth-order valence-corrected chi connectivity index (χ4v) is 2.23. The number of carboxylic acid groups (broad SMARTS) is 1. The Bertz CT molecular complexity index is 375. The largest absolute Gasteiger partial charge is 0.480 e. The van der Waals surface area contributed by atoms with Gasteiger partial charge in [-0.2, -0.15) is 0 Å². The fraction of sp³-hybridized carbons (Fsp3) is 0.500. The molecule has 0 heterocycles. The summed E-state index contributed by atoms with van der Waals surface area (Å²) in [7, 11) is 0. The first-order chi connectivity index (χ1) is 7.89. The number of aliphatic carboxylic acids is 1. The average molecular weight is 235 g/mol. The van der Waals surface area contributed by atoms with E-state index in [0.29, 0.717) is 11.5 Å². The van der Waals surface area contributed by atoms with Gasteiger partial charge < -0.3 is 10.8 Å². The highest BCUT2D eigenvalue weighted by Gasteiger charge is 2.41. The maximum absolute atomic E-state index is 11.5. The van der Waals surface area contributed by atoms with Crippen molar-refractivity contribution in [3.8, 4) is 0 Å². The minimum Gasteiger partial charge on any atom is -0.480 e. The van der Waals surface area contributed by atoms with Crippen LogP contribution in [0.1, 0.15) is 32.8 Å². The molecule has 0 saturated carbocycles. The van der Waals surface area contributed by atoms with Crippen molar-refractivity contribution in [3.63, 3.8) is 0 Å². The molecule has 3 nitrogen and oxygen atoms in total. The Labute approximate surface area is 103 Å². The Hall–Kier alpha value is -1.35. The number of benzene rings is 1. The second-order valence-electron chi connectivity index (χ2n) is 5.07. The first-order valence-electron chi connectivity index (χ1n) is 5.96.